The van der Waals surface area contributed by atoms with E-state index >= 15 is 0 Å². The van der Waals surface area contributed by atoms with Crippen LogP contribution in [0.5, 0.6) is 5.75 Å². The number of amides is 2. The van der Waals surface area contributed by atoms with E-state index in [2.05, 4.69) is 14.7 Å². The molecule has 0 bridgehead atoms. The van der Waals surface area contributed by atoms with E-state index in [1.807, 2.05) is 13.8 Å². The number of benzene rings is 1. The second-order valence-electron chi connectivity index (χ2n) is 11.9. The van der Waals surface area contributed by atoms with Gasteiger partial charge in [-0.3, -0.25) is 19.3 Å². The average Bonchev–Trinajstić information content (AvgIpc) is 3.49. The molecule has 0 spiro atoms. The molecule has 3 heterocycles. The maximum Gasteiger partial charge on any atom is 0.280 e. The number of pyridine rings is 1. The van der Waals surface area contributed by atoms with E-state index in [1.165, 1.54) is 23.2 Å². The lowest BCUT2D eigenvalue weighted by molar-refractivity contribution is -0.0149. The van der Waals surface area contributed by atoms with Crippen LogP contribution in [0.4, 0.5) is 5.69 Å². The minimum Gasteiger partial charge on any atom is -0.490 e. The molecule has 14 heteroatoms. The van der Waals surface area contributed by atoms with Crippen molar-refractivity contribution in [2.75, 3.05) is 38.1 Å². The largest absolute Gasteiger partial charge is 0.490 e. The number of aliphatic hydroxyl groups is 1. The SMILES string of the molecule is C[C@@H]1CN([C@@H](C)CO)C(=O)c2cc(NS(=O)(=O)c3cn(C)cn3)ccc2O[C@@H](C)CCCCO[C@@H]1CN(C)C(=O)c1ccncc1. The predicted octanol–water partition coefficient (Wildman–Crippen LogP) is 3.18. The summed E-state index contributed by atoms with van der Waals surface area (Å²) in [5, 5.41) is 10.0. The minimum atomic E-state index is -4.03. The van der Waals surface area contributed by atoms with Crippen LogP contribution in [0.15, 0.2) is 60.3 Å². The molecule has 4 rings (SSSR count). The first-order chi connectivity index (χ1) is 21.9. The number of ether oxygens (including phenoxy) is 2. The highest BCUT2D eigenvalue weighted by Gasteiger charge is 2.31. The highest BCUT2D eigenvalue weighted by molar-refractivity contribution is 7.92. The summed E-state index contributed by atoms with van der Waals surface area (Å²) in [6, 6.07) is 7.32. The first-order valence-corrected chi connectivity index (χ1v) is 16.9. The highest BCUT2D eigenvalue weighted by Crippen LogP contribution is 2.29. The Hall–Kier alpha value is -4.01. The summed E-state index contributed by atoms with van der Waals surface area (Å²) >= 11 is 0. The number of imidazole rings is 1. The molecule has 4 atom stereocenters. The number of hydrogen-bond acceptors (Lipinski definition) is 9. The molecule has 0 saturated heterocycles. The Morgan fingerprint density at radius 3 is 2.61 bits per heavy atom. The van der Waals surface area contributed by atoms with Crippen molar-refractivity contribution in [1.29, 1.82) is 0 Å². The zero-order valence-corrected chi connectivity index (χ0v) is 27.8. The fourth-order valence-corrected chi connectivity index (χ4v) is 6.28. The summed E-state index contributed by atoms with van der Waals surface area (Å²) in [6.45, 7) is 6.25. The van der Waals surface area contributed by atoms with E-state index in [1.54, 1.807) is 67.5 Å². The number of carbonyl (C=O) groups is 2. The Bertz CT molecular complexity index is 1580. The molecule has 0 fully saturated rings. The Morgan fingerprint density at radius 1 is 1.20 bits per heavy atom. The zero-order valence-electron chi connectivity index (χ0n) is 27.0. The summed E-state index contributed by atoms with van der Waals surface area (Å²) in [4.78, 5) is 38.5. The normalized spacial score (nSPS) is 20.6. The Balaban J connectivity index is 1.66. The van der Waals surface area contributed by atoms with Crippen molar-refractivity contribution in [2.45, 2.75) is 63.3 Å². The van der Waals surface area contributed by atoms with Crippen LogP contribution in [0.3, 0.4) is 0 Å². The number of rotatable bonds is 8. The molecule has 2 amide bonds. The van der Waals surface area contributed by atoms with Crippen molar-refractivity contribution < 1.29 is 32.6 Å². The van der Waals surface area contributed by atoms with E-state index in [0.717, 1.165) is 12.8 Å². The number of aromatic nitrogens is 3. The van der Waals surface area contributed by atoms with Crippen molar-refractivity contribution in [1.82, 2.24) is 24.3 Å². The lowest BCUT2D eigenvalue weighted by atomic mass is 10.0. The van der Waals surface area contributed by atoms with Gasteiger partial charge in [0.25, 0.3) is 21.8 Å². The van der Waals surface area contributed by atoms with Crippen molar-refractivity contribution in [3.05, 3.63) is 66.4 Å². The number of sulfonamides is 1. The van der Waals surface area contributed by atoms with Crippen LogP contribution < -0.4 is 9.46 Å². The Kier molecular flexibility index (Phi) is 11.8. The number of aryl methyl sites for hydroxylation is 1. The first kappa shape index (κ1) is 34.9. The van der Waals surface area contributed by atoms with E-state index < -0.39 is 28.1 Å². The van der Waals surface area contributed by atoms with Gasteiger partial charge in [-0.15, -0.1) is 0 Å². The van der Waals surface area contributed by atoms with Gasteiger partial charge in [0.1, 0.15) is 5.75 Å². The van der Waals surface area contributed by atoms with Gasteiger partial charge in [0.2, 0.25) is 0 Å². The molecule has 3 aromatic rings. The van der Waals surface area contributed by atoms with Gasteiger partial charge >= 0.3 is 0 Å². The van der Waals surface area contributed by atoms with Gasteiger partial charge in [-0.05, 0) is 63.4 Å². The molecule has 250 valence electrons. The van der Waals surface area contributed by atoms with Gasteiger partial charge in [0.05, 0.1) is 36.7 Å². The van der Waals surface area contributed by atoms with Crippen LogP contribution in [0.2, 0.25) is 0 Å². The maximum atomic E-state index is 14.3. The molecule has 0 saturated carbocycles. The topological polar surface area (TPSA) is 156 Å². The lowest BCUT2D eigenvalue weighted by Gasteiger charge is -2.36. The number of likely N-dealkylation sites (N-methyl/N-ethyl adjacent to an activating group) is 1. The standard InChI is InChI=1S/C32H44N6O7S/c1-22-17-38(23(2)20-39)32(41)27-16-26(35-46(42,43)30-19-36(4)21-34-30)9-10-28(27)45-24(3)8-6-7-15-44-29(22)18-37(5)31(40)25-11-13-33-14-12-25/h9-14,16,19,21-24,29,35,39H,6-8,15,17-18,20H2,1-5H3/t22-,23+,24+,29-/m1/s1. The van der Waals surface area contributed by atoms with Crippen molar-refractivity contribution in [2.24, 2.45) is 13.0 Å². The average molecular weight is 657 g/mol. The Labute approximate surface area is 270 Å². The minimum absolute atomic E-state index is 0.153. The van der Waals surface area contributed by atoms with Gasteiger partial charge in [-0.25, -0.2) is 4.98 Å². The summed E-state index contributed by atoms with van der Waals surface area (Å²) in [7, 11) is -0.645. The second kappa shape index (κ2) is 15.5. The number of fused-ring (bicyclic) bond motifs is 1. The smallest absolute Gasteiger partial charge is 0.280 e. The number of nitrogens with one attached hydrogen (secondary N) is 1. The molecule has 0 aliphatic carbocycles. The first-order valence-electron chi connectivity index (χ1n) is 15.4. The number of anilines is 1. The molecule has 46 heavy (non-hydrogen) atoms. The summed E-state index contributed by atoms with van der Waals surface area (Å²) in [5.74, 6) is -0.544. The van der Waals surface area contributed by atoms with Crippen molar-refractivity contribution in [3.63, 3.8) is 0 Å². The van der Waals surface area contributed by atoms with Gasteiger partial charge in [0.15, 0.2) is 5.03 Å². The molecule has 2 N–H and O–H groups in total. The number of aliphatic hydroxyl groups excluding tert-OH is 1. The maximum absolute atomic E-state index is 14.3. The fraction of sp³-hybridized carbons (Fsp3) is 0.500. The van der Waals surface area contributed by atoms with E-state index in [0.29, 0.717) is 24.3 Å². The van der Waals surface area contributed by atoms with Crippen molar-refractivity contribution >= 4 is 27.5 Å². The second-order valence-corrected chi connectivity index (χ2v) is 13.5. The fourth-order valence-electron chi connectivity index (χ4n) is 5.25. The van der Waals surface area contributed by atoms with Crippen LogP contribution in [0.25, 0.3) is 0 Å². The quantitative estimate of drug-likeness (QED) is 0.372. The molecule has 0 unspecified atom stereocenters. The molecular weight excluding hydrogens is 612 g/mol. The third kappa shape index (κ3) is 8.83. The molecule has 0 radical (unpaired) electrons. The zero-order chi connectivity index (χ0) is 33.4. The molecular formula is C32H44N6O7S. The Morgan fingerprint density at radius 2 is 1.93 bits per heavy atom. The summed E-state index contributed by atoms with van der Waals surface area (Å²) in [5.41, 5.74) is 0.828. The van der Waals surface area contributed by atoms with E-state index in [9.17, 15) is 23.1 Å². The van der Waals surface area contributed by atoms with Crippen molar-refractivity contribution in [3.8, 4) is 5.75 Å². The van der Waals surface area contributed by atoms with Gasteiger partial charge in [0, 0.05) is 69.6 Å². The third-order valence-corrected chi connectivity index (χ3v) is 9.25. The van der Waals surface area contributed by atoms with Gasteiger partial charge < -0.3 is 28.9 Å². The van der Waals surface area contributed by atoms with Crippen LogP contribution in [-0.2, 0) is 21.8 Å². The predicted molar refractivity (Wildman–Crippen MR) is 172 cm³/mol. The third-order valence-electron chi connectivity index (χ3n) is 7.99. The molecule has 1 aliphatic heterocycles. The van der Waals surface area contributed by atoms with E-state index in [-0.39, 0.29) is 53.9 Å². The number of carbonyl (C=O) groups excluding carboxylic acids is 2. The van der Waals surface area contributed by atoms with Crippen LogP contribution >= 0.6 is 0 Å². The van der Waals surface area contributed by atoms with Crippen LogP contribution in [-0.4, -0.2) is 101 Å². The lowest BCUT2D eigenvalue weighted by Crippen LogP contribution is -2.48. The van der Waals surface area contributed by atoms with Crippen LogP contribution in [0.1, 0.15) is 60.7 Å². The number of hydrogen-bond donors (Lipinski definition) is 2. The van der Waals surface area contributed by atoms with E-state index in [4.69, 9.17) is 9.47 Å². The number of nitrogens with zero attached hydrogens (tertiary/aromatic N) is 5. The monoisotopic (exact) mass is 656 g/mol. The molecule has 13 nitrogen and oxygen atoms in total. The van der Waals surface area contributed by atoms with Gasteiger partial charge in [-0.1, -0.05) is 6.92 Å². The van der Waals surface area contributed by atoms with Gasteiger partial charge in [-0.2, -0.15) is 8.42 Å². The summed E-state index contributed by atoms with van der Waals surface area (Å²) in [6.07, 6.45) is 7.53. The molecule has 1 aromatic carbocycles. The molecule has 2 aromatic heterocycles. The molecule has 1 aliphatic rings. The van der Waals surface area contributed by atoms with Crippen LogP contribution in [0, 0.1) is 5.92 Å². The highest BCUT2D eigenvalue weighted by atomic mass is 32.2. The summed E-state index contributed by atoms with van der Waals surface area (Å²) < 4.78 is 42.7.